The lowest BCUT2D eigenvalue weighted by Crippen LogP contribution is -2.09. The summed E-state index contributed by atoms with van der Waals surface area (Å²) < 4.78 is 0. The molecule has 4 nitrogen and oxygen atoms in total. The quantitative estimate of drug-likeness (QED) is 0.351. The molecule has 0 amide bonds. The number of carboxylic acid groups (broad SMARTS) is 1. The highest BCUT2D eigenvalue weighted by molar-refractivity contribution is 5.90. The van der Waals surface area contributed by atoms with Crippen LogP contribution in [0.15, 0.2) is 11.8 Å². The molecule has 0 aliphatic heterocycles. The molecule has 0 aromatic rings. The Kier molecular flexibility index (Phi) is 4.58. The molecule has 11 heavy (non-hydrogen) atoms. The fourth-order valence-corrected chi connectivity index (χ4v) is 0.460. The molecule has 0 aromatic carbocycles. The first-order chi connectivity index (χ1) is 5.22. The molecule has 0 heterocycles. The van der Waals surface area contributed by atoms with Crippen LogP contribution in [-0.4, -0.2) is 17.6 Å². The van der Waals surface area contributed by atoms with Crippen molar-refractivity contribution in [2.45, 2.75) is 13.3 Å². The fourth-order valence-electron chi connectivity index (χ4n) is 0.460. The highest BCUT2D eigenvalue weighted by Gasteiger charge is 2.03. The van der Waals surface area contributed by atoms with Crippen LogP contribution in [0.3, 0.4) is 0 Å². The molecule has 0 aliphatic rings. The third kappa shape index (κ3) is 3.98. The molecular weight excluding hydrogens is 144 g/mol. The first kappa shape index (κ1) is 9.50. The summed E-state index contributed by atoms with van der Waals surface area (Å²) >= 11 is 0. The highest BCUT2D eigenvalue weighted by atomic mass is 16.4. The van der Waals surface area contributed by atoms with Gasteiger partial charge >= 0.3 is 5.97 Å². The molecule has 0 fully saturated rings. The lowest BCUT2D eigenvalue weighted by molar-refractivity contribution is -0.132. The maximum Gasteiger partial charge on any atom is 0.347 e. The van der Waals surface area contributed by atoms with Crippen LogP contribution >= 0.6 is 0 Å². The molecule has 0 radical (unpaired) electrons. The van der Waals surface area contributed by atoms with E-state index in [1.807, 2.05) is 6.92 Å². The third-order valence-electron chi connectivity index (χ3n) is 0.992. The van der Waals surface area contributed by atoms with Gasteiger partial charge in [-0.2, -0.15) is 5.26 Å². The molecule has 60 valence electrons. The summed E-state index contributed by atoms with van der Waals surface area (Å²) in [4.78, 5) is 10.2. The van der Waals surface area contributed by atoms with Crippen molar-refractivity contribution in [3.8, 4) is 6.07 Å². The van der Waals surface area contributed by atoms with Crippen LogP contribution in [0.25, 0.3) is 0 Å². The Bertz CT molecular complexity index is 203. The number of hydrogen-bond donors (Lipinski definition) is 2. The average molecular weight is 154 g/mol. The lowest BCUT2D eigenvalue weighted by Gasteiger charge is -1.94. The number of hydrogen-bond acceptors (Lipinski definition) is 3. The first-order valence-electron chi connectivity index (χ1n) is 3.29. The smallest absolute Gasteiger partial charge is 0.347 e. The average Bonchev–Trinajstić information content (AvgIpc) is 1.97. The summed E-state index contributed by atoms with van der Waals surface area (Å²) in [5.41, 5.74) is -0.265. The number of carbonyl (C=O) groups is 1. The van der Waals surface area contributed by atoms with E-state index in [1.54, 1.807) is 6.07 Å². The van der Waals surface area contributed by atoms with Gasteiger partial charge in [0.2, 0.25) is 0 Å². The second kappa shape index (κ2) is 5.30. The highest BCUT2D eigenvalue weighted by Crippen LogP contribution is 1.88. The van der Waals surface area contributed by atoms with Gasteiger partial charge in [0, 0.05) is 12.7 Å². The second-order valence-electron chi connectivity index (χ2n) is 1.93. The van der Waals surface area contributed by atoms with Gasteiger partial charge in [0.05, 0.1) is 0 Å². The van der Waals surface area contributed by atoms with E-state index in [1.165, 1.54) is 6.20 Å². The summed E-state index contributed by atoms with van der Waals surface area (Å²) in [6.07, 6.45) is 2.11. The van der Waals surface area contributed by atoms with Crippen molar-refractivity contribution in [1.82, 2.24) is 5.32 Å². The largest absolute Gasteiger partial charge is 0.477 e. The molecule has 0 aromatic heterocycles. The maximum atomic E-state index is 10.2. The van der Waals surface area contributed by atoms with Crippen molar-refractivity contribution in [1.29, 1.82) is 5.26 Å². The normalized spacial score (nSPS) is 10.4. The Hall–Kier alpha value is -1.50. The SMILES string of the molecule is CCCNC=C(C#N)C(=O)O. The lowest BCUT2D eigenvalue weighted by atomic mass is 10.3. The van der Waals surface area contributed by atoms with Crippen LogP contribution < -0.4 is 5.32 Å². The van der Waals surface area contributed by atoms with E-state index >= 15 is 0 Å². The molecule has 0 atom stereocenters. The van der Waals surface area contributed by atoms with Gasteiger partial charge in [-0.05, 0) is 6.42 Å². The second-order valence-corrected chi connectivity index (χ2v) is 1.93. The van der Waals surface area contributed by atoms with E-state index < -0.39 is 5.97 Å². The Morgan fingerprint density at radius 1 is 1.82 bits per heavy atom. The predicted molar refractivity (Wildman–Crippen MR) is 39.6 cm³/mol. The molecule has 0 rings (SSSR count). The van der Waals surface area contributed by atoms with E-state index in [0.717, 1.165) is 6.42 Å². The van der Waals surface area contributed by atoms with E-state index in [0.29, 0.717) is 6.54 Å². The van der Waals surface area contributed by atoms with Crippen LogP contribution in [0.5, 0.6) is 0 Å². The summed E-state index contributed by atoms with van der Waals surface area (Å²) in [5, 5.41) is 19.3. The van der Waals surface area contributed by atoms with Crippen molar-refractivity contribution in [2.24, 2.45) is 0 Å². The van der Waals surface area contributed by atoms with Crippen LogP contribution in [0, 0.1) is 11.3 Å². The summed E-state index contributed by atoms with van der Waals surface area (Å²) in [6.45, 7) is 2.63. The molecule has 0 bridgehead atoms. The topological polar surface area (TPSA) is 73.1 Å². The molecular formula is C7H10N2O2. The number of nitrogens with zero attached hydrogens (tertiary/aromatic N) is 1. The van der Waals surface area contributed by atoms with Gasteiger partial charge in [0.25, 0.3) is 0 Å². The standard InChI is InChI=1S/C7H10N2O2/c1-2-3-9-5-6(4-8)7(10)11/h5,9H,2-3H2,1H3,(H,10,11). The predicted octanol–water partition coefficient (Wildman–Crippen LogP) is 0.478. The van der Waals surface area contributed by atoms with Crippen LogP contribution in [0.4, 0.5) is 0 Å². The number of carboxylic acids is 1. The minimum absolute atomic E-state index is 0.265. The molecule has 4 heteroatoms. The monoisotopic (exact) mass is 154 g/mol. The van der Waals surface area contributed by atoms with Crippen molar-refractivity contribution < 1.29 is 9.90 Å². The van der Waals surface area contributed by atoms with Crippen molar-refractivity contribution in [3.05, 3.63) is 11.8 Å². The summed E-state index contributed by atoms with van der Waals surface area (Å²) in [6, 6.07) is 1.56. The molecule has 2 N–H and O–H groups in total. The molecule has 0 aliphatic carbocycles. The number of aliphatic carboxylic acids is 1. The van der Waals surface area contributed by atoms with Gasteiger partial charge < -0.3 is 10.4 Å². The summed E-state index contributed by atoms with van der Waals surface area (Å²) in [7, 11) is 0. The molecule has 0 saturated carbocycles. The van der Waals surface area contributed by atoms with E-state index in [4.69, 9.17) is 10.4 Å². The number of nitriles is 1. The van der Waals surface area contributed by atoms with E-state index in [9.17, 15) is 4.79 Å². The van der Waals surface area contributed by atoms with Crippen molar-refractivity contribution in [3.63, 3.8) is 0 Å². The maximum absolute atomic E-state index is 10.2. The molecule has 0 saturated heterocycles. The number of nitrogens with one attached hydrogen (secondary N) is 1. The first-order valence-corrected chi connectivity index (χ1v) is 3.29. The van der Waals surface area contributed by atoms with Crippen LogP contribution in [0.1, 0.15) is 13.3 Å². The van der Waals surface area contributed by atoms with Crippen molar-refractivity contribution >= 4 is 5.97 Å². The number of rotatable bonds is 4. The van der Waals surface area contributed by atoms with Gasteiger partial charge in [0.1, 0.15) is 6.07 Å². The Morgan fingerprint density at radius 2 is 2.45 bits per heavy atom. The van der Waals surface area contributed by atoms with Gasteiger partial charge in [-0.15, -0.1) is 0 Å². The minimum Gasteiger partial charge on any atom is -0.477 e. The fraction of sp³-hybridized carbons (Fsp3) is 0.429. The molecule has 0 spiro atoms. The van der Waals surface area contributed by atoms with Crippen molar-refractivity contribution in [2.75, 3.05) is 6.54 Å². The zero-order valence-electron chi connectivity index (χ0n) is 6.29. The van der Waals surface area contributed by atoms with E-state index in [2.05, 4.69) is 5.32 Å². The van der Waals surface area contributed by atoms with Crippen LogP contribution in [0.2, 0.25) is 0 Å². The van der Waals surface area contributed by atoms with E-state index in [-0.39, 0.29) is 5.57 Å². The minimum atomic E-state index is -1.20. The zero-order chi connectivity index (χ0) is 8.69. The Labute approximate surface area is 65.1 Å². The molecule has 0 unspecified atom stereocenters. The zero-order valence-corrected chi connectivity index (χ0v) is 6.29. The third-order valence-corrected chi connectivity index (χ3v) is 0.992. The summed E-state index contributed by atoms with van der Waals surface area (Å²) in [5.74, 6) is -1.20. The Morgan fingerprint density at radius 3 is 2.82 bits per heavy atom. The van der Waals surface area contributed by atoms with Gasteiger partial charge in [-0.1, -0.05) is 6.92 Å². The van der Waals surface area contributed by atoms with Gasteiger partial charge in [-0.25, -0.2) is 4.79 Å². The van der Waals surface area contributed by atoms with Gasteiger partial charge in [-0.3, -0.25) is 0 Å². The van der Waals surface area contributed by atoms with Gasteiger partial charge in [0.15, 0.2) is 5.57 Å². The van der Waals surface area contributed by atoms with Crippen LogP contribution in [-0.2, 0) is 4.79 Å². The Balaban J connectivity index is 3.95.